The molecule has 1 amide bonds. The molecule has 0 aliphatic heterocycles. The second kappa shape index (κ2) is 9.95. The standard InChI is InChI=1S/C21H18N8O4S/c1-12-6-8-14(9-7-12)34-11-16-17(24-28-29(16)19-18(22)26-33-27-19)20(30)25-23-10-13-4-2-3-5-15(13)21(31)32/h2-10H,11H2,1H3,(H2,22,26)(H,25,30)(H,31,32)/p-1. The maximum Gasteiger partial charge on any atom is 0.293 e. The smallest absolute Gasteiger partial charge is 0.293 e. The summed E-state index contributed by atoms with van der Waals surface area (Å²) < 4.78 is 5.92. The molecule has 0 bridgehead atoms. The summed E-state index contributed by atoms with van der Waals surface area (Å²) >= 11 is 1.45. The number of carboxylic acid groups (broad SMARTS) is 1. The van der Waals surface area contributed by atoms with Crippen molar-refractivity contribution in [1.82, 2.24) is 30.7 Å². The van der Waals surface area contributed by atoms with Gasteiger partial charge in [-0.1, -0.05) is 47.2 Å². The monoisotopic (exact) mass is 477 g/mol. The van der Waals surface area contributed by atoms with Crippen molar-refractivity contribution in [1.29, 1.82) is 0 Å². The molecule has 2 aromatic carbocycles. The van der Waals surface area contributed by atoms with Gasteiger partial charge in [0.2, 0.25) is 11.6 Å². The maximum atomic E-state index is 12.8. The number of hydrogen-bond acceptors (Lipinski definition) is 11. The maximum absolute atomic E-state index is 12.8. The highest BCUT2D eigenvalue weighted by Crippen LogP contribution is 2.26. The Labute approximate surface area is 196 Å². The summed E-state index contributed by atoms with van der Waals surface area (Å²) in [5.74, 6) is -1.65. The first-order chi connectivity index (χ1) is 16.4. The summed E-state index contributed by atoms with van der Waals surface area (Å²) in [5.41, 5.74) is 9.82. The molecule has 0 aliphatic rings. The highest BCUT2D eigenvalue weighted by molar-refractivity contribution is 7.98. The molecule has 0 saturated heterocycles. The Kier molecular flexibility index (Phi) is 6.64. The average molecular weight is 477 g/mol. The minimum absolute atomic E-state index is 0.0182. The third-order valence-electron chi connectivity index (χ3n) is 4.62. The fourth-order valence-corrected chi connectivity index (χ4v) is 3.80. The number of benzene rings is 2. The molecule has 4 rings (SSSR count). The zero-order valence-electron chi connectivity index (χ0n) is 17.7. The molecule has 4 aromatic rings. The van der Waals surface area contributed by atoms with Crippen LogP contribution in [0.3, 0.4) is 0 Å². The van der Waals surface area contributed by atoms with Crippen LogP contribution in [0.25, 0.3) is 5.82 Å². The van der Waals surface area contributed by atoms with E-state index in [0.717, 1.165) is 10.5 Å². The van der Waals surface area contributed by atoms with Crippen molar-refractivity contribution >= 4 is 35.7 Å². The number of carboxylic acids is 1. The summed E-state index contributed by atoms with van der Waals surface area (Å²) in [4.78, 5) is 25.0. The molecule has 2 aromatic heterocycles. The van der Waals surface area contributed by atoms with E-state index < -0.39 is 11.9 Å². The Morgan fingerprint density at radius 3 is 2.68 bits per heavy atom. The van der Waals surface area contributed by atoms with Gasteiger partial charge in [0, 0.05) is 21.8 Å². The topological polar surface area (TPSA) is 177 Å². The SMILES string of the molecule is Cc1ccc(SCc2c(C(=O)NN=Cc3ccccc3C(=O)[O-])nnn2-c2nonc2N)cc1. The minimum Gasteiger partial charge on any atom is -0.545 e. The normalized spacial score (nSPS) is 11.1. The van der Waals surface area contributed by atoms with E-state index in [1.807, 2.05) is 31.2 Å². The summed E-state index contributed by atoms with van der Waals surface area (Å²) in [7, 11) is 0. The molecule has 34 heavy (non-hydrogen) atoms. The number of nitrogens with one attached hydrogen (secondary N) is 1. The van der Waals surface area contributed by atoms with Crippen LogP contribution in [0.2, 0.25) is 0 Å². The Morgan fingerprint density at radius 1 is 1.21 bits per heavy atom. The summed E-state index contributed by atoms with van der Waals surface area (Å²) in [6, 6.07) is 14.0. The van der Waals surface area contributed by atoms with Crippen LogP contribution < -0.4 is 16.3 Å². The number of nitrogens with two attached hydrogens (primary N) is 1. The van der Waals surface area contributed by atoms with Crippen LogP contribution in [0, 0.1) is 6.92 Å². The number of amides is 1. The number of aryl methyl sites for hydroxylation is 1. The molecule has 0 spiro atoms. The van der Waals surface area contributed by atoms with E-state index in [-0.39, 0.29) is 28.5 Å². The van der Waals surface area contributed by atoms with E-state index in [1.165, 1.54) is 34.8 Å². The van der Waals surface area contributed by atoms with Gasteiger partial charge in [-0.2, -0.15) is 9.78 Å². The van der Waals surface area contributed by atoms with E-state index in [0.29, 0.717) is 11.4 Å². The Balaban J connectivity index is 1.58. The highest BCUT2D eigenvalue weighted by atomic mass is 32.2. The summed E-state index contributed by atoms with van der Waals surface area (Å²) in [6.07, 6.45) is 1.20. The first kappa shape index (κ1) is 22.7. The molecule has 0 aliphatic carbocycles. The van der Waals surface area contributed by atoms with Crippen LogP contribution >= 0.6 is 11.8 Å². The fourth-order valence-electron chi connectivity index (χ4n) is 2.91. The third kappa shape index (κ3) is 4.94. The summed E-state index contributed by atoms with van der Waals surface area (Å²) in [6.45, 7) is 1.99. The van der Waals surface area contributed by atoms with E-state index in [9.17, 15) is 14.7 Å². The summed E-state index contributed by atoms with van der Waals surface area (Å²) in [5, 5.41) is 30.3. The molecule has 12 nitrogen and oxygen atoms in total. The predicted molar refractivity (Wildman–Crippen MR) is 120 cm³/mol. The lowest BCUT2D eigenvalue weighted by molar-refractivity contribution is -0.255. The van der Waals surface area contributed by atoms with Gasteiger partial charge in [-0.3, -0.25) is 4.79 Å². The molecule has 0 radical (unpaired) electrons. The lowest BCUT2D eigenvalue weighted by Crippen LogP contribution is -2.24. The van der Waals surface area contributed by atoms with Crippen molar-refractivity contribution < 1.29 is 19.3 Å². The average Bonchev–Trinajstić information content (AvgIpc) is 3.44. The minimum atomic E-state index is -1.36. The number of anilines is 1. The zero-order valence-corrected chi connectivity index (χ0v) is 18.5. The number of aromatic nitrogens is 5. The van der Waals surface area contributed by atoms with Crippen molar-refractivity contribution in [2.75, 3.05) is 5.73 Å². The third-order valence-corrected chi connectivity index (χ3v) is 5.64. The molecule has 0 fully saturated rings. The molecule has 0 unspecified atom stereocenters. The van der Waals surface area contributed by atoms with Crippen molar-refractivity contribution in [3.63, 3.8) is 0 Å². The second-order valence-corrected chi connectivity index (χ2v) is 7.99. The molecular formula is C21H17N8O4S-. The number of aromatic carboxylic acids is 1. The molecule has 13 heteroatoms. The number of carbonyl (C=O) groups excluding carboxylic acids is 2. The van der Waals surface area contributed by atoms with Crippen molar-refractivity contribution in [2.24, 2.45) is 5.10 Å². The van der Waals surface area contributed by atoms with Crippen molar-refractivity contribution in [2.45, 2.75) is 17.6 Å². The molecule has 172 valence electrons. The van der Waals surface area contributed by atoms with Crippen LogP contribution in [-0.2, 0) is 5.75 Å². The van der Waals surface area contributed by atoms with E-state index >= 15 is 0 Å². The Morgan fingerprint density at radius 2 is 1.97 bits per heavy atom. The fraction of sp³-hybridized carbons (Fsp3) is 0.0952. The number of hydrazone groups is 1. The molecule has 3 N–H and O–H groups in total. The van der Waals surface area contributed by atoms with Gasteiger partial charge in [0.15, 0.2) is 5.69 Å². The Bertz CT molecular complexity index is 1360. The number of rotatable bonds is 8. The highest BCUT2D eigenvalue weighted by Gasteiger charge is 2.24. The van der Waals surface area contributed by atoms with Crippen LogP contribution in [0.15, 0.2) is 63.2 Å². The largest absolute Gasteiger partial charge is 0.545 e. The first-order valence-electron chi connectivity index (χ1n) is 9.80. The first-order valence-corrected chi connectivity index (χ1v) is 10.8. The molecular weight excluding hydrogens is 460 g/mol. The van der Waals surface area contributed by atoms with Crippen molar-refractivity contribution in [3.8, 4) is 5.82 Å². The van der Waals surface area contributed by atoms with E-state index in [2.05, 4.69) is 35.8 Å². The van der Waals surface area contributed by atoms with Crippen LogP contribution in [-0.4, -0.2) is 43.4 Å². The predicted octanol–water partition coefficient (Wildman–Crippen LogP) is 0.961. The number of hydrogen-bond donors (Lipinski definition) is 2. The van der Waals surface area contributed by atoms with Gasteiger partial charge >= 0.3 is 0 Å². The zero-order chi connectivity index (χ0) is 24.1. The number of nitrogen functional groups attached to an aromatic ring is 1. The van der Waals surface area contributed by atoms with Gasteiger partial charge in [-0.05, 0) is 29.4 Å². The van der Waals surface area contributed by atoms with Gasteiger partial charge in [-0.15, -0.1) is 16.9 Å². The number of carbonyl (C=O) groups is 2. The van der Waals surface area contributed by atoms with Gasteiger partial charge < -0.3 is 15.6 Å². The van der Waals surface area contributed by atoms with Crippen molar-refractivity contribution in [3.05, 3.63) is 76.6 Å². The molecule has 0 saturated carbocycles. The van der Waals surface area contributed by atoms with Crippen LogP contribution in [0.1, 0.15) is 37.7 Å². The van der Waals surface area contributed by atoms with Gasteiger partial charge in [-0.25, -0.2) is 10.1 Å². The molecule has 2 heterocycles. The lowest BCUT2D eigenvalue weighted by atomic mass is 10.1. The van der Waals surface area contributed by atoms with E-state index in [4.69, 9.17) is 5.73 Å². The quantitative estimate of drug-likeness (QED) is 0.211. The van der Waals surface area contributed by atoms with E-state index in [1.54, 1.807) is 12.1 Å². The van der Waals surface area contributed by atoms with Gasteiger partial charge in [0.1, 0.15) is 0 Å². The van der Waals surface area contributed by atoms with Crippen LogP contribution in [0.4, 0.5) is 5.82 Å². The number of thioether (sulfide) groups is 1. The Hall–Kier alpha value is -4.52. The van der Waals surface area contributed by atoms with Gasteiger partial charge in [0.25, 0.3) is 5.91 Å². The number of nitrogens with zero attached hydrogens (tertiary/aromatic N) is 6. The molecule has 0 atom stereocenters. The van der Waals surface area contributed by atoms with Gasteiger partial charge in [0.05, 0.1) is 17.9 Å². The lowest BCUT2D eigenvalue weighted by Gasteiger charge is -2.07. The second-order valence-electron chi connectivity index (χ2n) is 6.95. The van der Waals surface area contributed by atoms with Crippen LogP contribution in [0.5, 0.6) is 0 Å².